The number of carbonyl (C=O) groups excluding carboxylic acids is 2. The summed E-state index contributed by atoms with van der Waals surface area (Å²) in [6, 6.07) is 21.0. The first-order valence-electron chi connectivity index (χ1n) is 13.1. The zero-order valence-corrected chi connectivity index (χ0v) is 25.2. The molecular weight excluding hydrogens is 548 g/mol. The first-order chi connectivity index (χ1) is 18.9. The molecule has 0 saturated heterocycles. The van der Waals surface area contributed by atoms with Crippen molar-refractivity contribution in [3.05, 3.63) is 100 Å². The highest BCUT2D eigenvalue weighted by Gasteiger charge is 2.35. The van der Waals surface area contributed by atoms with Crippen LogP contribution in [0.2, 0.25) is 5.02 Å². The molecule has 1 N–H and O–H groups in total. The third kappa shape index (κ3) is 7.84. The van der Waals surface area contributed by atoms with Crippen molar-refractivity contribution in [2.45, 2.75) is 39.8 Å². The van der Waals surface area contributed by atoms with Crippen LogP contribution in [-0.2, 0) is 32.8 Å². The largest absolute Gasteiger partial charge is 0.355 e. The van der Waals surface area contributed by atoms with E-state index in [-0.39, 0.29) is 18.9 Å². The van der Waals surface area contributed by atoms with E-state index in [4.69, 9.17) is 11.6 Å². The van der Waals surface area contributed by atoms with Gasteiger partial charge in [-0.15, -0.1) is 0 Å². The Kier molecular flexibility index (Phi) is 10.7. The van der Waals surface area contributed by atoms with Crippen LogP contribution < -0.4 is 9.62 Å². The van der Waals surface area contributed by atoms with E-state index in [2.05, 4.69) is 5.32 Å². The fourth-order valence-corrected chi connectivity index (χ4v) is 5.56. The summed E-state index contributed by atoms with van der Waals surface area (Å²) in [6.45, 7) is 5.47. The molecule has 0 aromatic heterocycles. The molecule has 0 aliphatic rings. The predicted molar refractivity (Wildman–Crippen MR) is 160 cm³/mol. The molecule has 0 aliphatic carbocycles. The van der Waals surface area contributed by atoms with E-state index in [1.807, 2.05) is 56.3 Å². The monoisotopic (exact) mass is 584 g/mol. The Hall–Kier alpha value is -3.40. The second-order valence-electron chi connectivity index (χ2n) is 9.83. The lowest BCUT2D eigenvalue weighted by atomic mass is 10.0. The van der Waals surface area contributed by atoms with Gasteiger partial charge in [0.05, 0.1) is 5.69 Å². The average molecular weight is 585 g/mol. The second-order valence-corrected chi connectivity index (χ2v) is 12.3. The maximum absolute atomic E-state index is 14.2. The van der Waals surface area contributed by atoms with E-state index in [9.17, 15) is 18.0 Å². The minimum atomic E-state index is -4.05. The van der Waals surface area contributed by atoms with Crippen molar-refractivity contribution in [1.82, 2.24) is 14.5 Å². The van der Waals surface area contributed by atoms with E-state index in [1.54, 1.807) is 37.3 Å². The molecule has 8 nitrogen and oxygen atoms in total. The van der Waals surface area contributed by atoms with Crippen LogP contribution in [0.3, 0.4) is 0 Å². The molecule has 2 amide bonds. The highest BCUT2D eigenvalue weighted by atomic mass is 35.5. The van der Waals surface area contributed by atoms with Crippen molar-refractivity contribution in [3.8, 4) is 0 Å². The van der Waals surface area contributed by atoms with Crippen molar-refractivity contribution in [2.75, 3.05) is 31.5 Å². The van der Waals surface area contributed by atoms with Crippen LogP contribution in [0.25, 0.3) is 0 Å². The normalized spacial score (nSPS) is 12.2. The molecule has 0 saturated carbocycles. The minimum absolute atomic E-state index is 0.0906. The van der Waals surface area contributed by atoms with Gasteiger partial charge < -0.3 is 10.2 Å². The standard InChI is InChI=1S/C30H37ClN4O4S/c1-6-32-30(37)28(19-24-10-8-7-9-11-24)34(20-25-14-16-26(31)17-15-25)29(36)21-35(40(38,39)33(4)5)27-18-22(2)12-13-23(27)3/h7-18,28H,6,19-21H2,1-5H3,(H,32,37)/t28-/m1/s1. The molecule has 3 aromatic carbocycles. The van der Waals surface area contributed by atoms with Crippen LogP contribution in [0.15, 0.2) is 72.8 Å². The smallest absolute Gasteiger partial charge is 0.304 e. The lowest BCUT2D eigenvalue weighted by Crippen LogP contribution is -2.54. The van der Waals surface area contributed by atoms with Gasteiger partial charge in [-0.2, -0.15) is 12.7 Å². The number of hydrogen-bond acceptors (Lipinski definition) is 4. The molecule has 0 fully saturated rings. The van der Waals surface area contributed by atoms with Crippen LogP contribution >= 0.6 is 11.6 Å². The van der Waals surface area contributed by atoms with Gasteiger partial charge >= 0.3 is 10.2 Å². The summed E-state index contributed by atoms with van der Waals surface area (Å²) in [5, 5.41) is 3.40. The lowest BCUT2D eigenvalue weighted by Gasteiger charge is -2.34. The van der Waals surface area contributed by atoms with Crippen LogP contribution in [0, 0.1) is 13.8 Å². The number of amides is 2. The summed E-state index contributed by atoms with van der Waals surface area (Å²) in [5.41, 5.74) is 3.60. The molecular formula is C30H37ClN4O4S. The molecule has 3 rings (SSSR count). The maximum Gasteiger partial charge on any atom is 0.304 e. The first kappa shape index (κ1) is 31.1. The molecule has 0 heterocycles. The number of anilines is 1. The fourth-order valence-electron chi connectivity index (χ4n) is 4.32. The molecule has 40 heavy (non-hydrogen) atoms. The topological polar surface area (TPSA) is 90.0 Å². The van der Waals surface area contributed by atoms with Crippen molar-refractivity contribution in [1.29, 1.82) is 0 Å². The van der Waals surface area contributed by atoms with Gasteiger partial charge in [-0.1, -0.05) is 66.2 Å². The molecule has 0 aliphatic heterocycles. The Morgan fingerprint density at radius 2 is 1.57 bits per heavy atom. The second kappa shape index (κ2) is 13.8. The van der Waals surface area contributed by atoms with Gasteiger partial charge in [0.2, 0.25) is 11.8 Å². The number of aryl methyl sites for hydroxylation is 2. The van der Waals surface area contributed by atoms with Crippen molar-refractivity contribution < 1.29 is 18.0 Å². The molecule has 0 bridgehead atoms. The Balaban J connectivity index is 2.11. The number of rotatable bonds is 12. The number of nitrogens with one attached hydrogen (secondary N) is 1. The van der Waals surface area contributed by atoms with E-state index in [0.29, 0.717) is 22.8 Å². The predicted octanol–water partition coefficient (Wildman–Crippen LogP) is 4.35. The van der Waals surface area contributed by atoms with Crippen LogP contribution in [0.1, 0.15) is 29.2 Å². The fraction of sp³-hybridized carbons (Fsp3) is 0.333. The summed E-state index contributed by atoms with van der Waals surface area (Å²) in [6.07, 6.45) is 0.260. The number of benzene rings is 3. The Morgan fingerprint density at radius 1 is 0.925 bits per heavy atom. The molecule has 10 heteroatoms. The highest BCUT2D eigenvalue weighted by Crippen LogP contribution is 2.26. The molecule has 3 aromatic rings. The third-order valence-electron chi connectivity index (χ3n) is 6.54. The molecule has 1 atom stereocenters. The summed E-state index contributed by atoms with van der Waals surface area (Å²) >= 11 is 6.09. The summed E-state index contributed by atoms with van der Waals surface area (Å²) in [4.78, 5) is 29.1. The SMILES string of the molecule is CCNC(=O)[C@@H](Cc1ccccc1)N(Cc1ccc(Cl)cc1)C(=O)CN(c1cc(C)ccc1C)S(=O)(=O)N(C)C. The Bertz CT molecular complexity index is 1410. The summed E-state index contributed by atoms with van der Waals surface area (Å²) in [5.74, 6) is -0.823. The van der Waals surface area contributed by atoms with Gasteiger partial charge in [-0.05, 0) is 61.2 Å². The number of nitrogens with zero attached hydrogens (tertiary/aromatic N) is 3. The Morgan fingerprint density at radius 3 is 2.17 bits per heavy atom. The van der Waals surface area contributed by atoms with Crippen LogP contribution in [-0.4, -0.2) is 62.7 Å². The van der Waals surface area contributed by atoms with Crippen molar-refractivity contribution >= 4 is 39.3 Å². The van der Waals surface area contributed by atoms with Gasteiger partial charge in [0.25, 0.3) is 0 Å². The molecule has 214 valence electrons. The molecule has 0 unspecified atom stereocenters. The van der Waals surface area contributed by atoms with Crippen LogP contribution in [0.5, 0.6) is 0 Å². The lowest BCUT2D eigenvalue weighted by molar-refractivity contribution is -0.140. The molecule has 0 spiro atoms. The third-order valence-corrected chi connectivity index (χ3v) is 8.60. The molecule has 0 radical (unpaired) electrons. The quantitative estimate of drug-likeness (QED) is 0.343. The van der Waals surface area contributed by atoms with Crippen molar-refractivity contribution in [2.24, 2.45) is 0 Å². The van der Waals surface area contributed by atoms with Crippen LogP contribution in [0.4, 0.5) is 5.69 Å². The zero-order valence-electron chi connectivity index (χ0n) is 23.6. The average Bonchev–Trinajstić information content (AvgIpc) is 2.92. The van der Waals surface area contributed by atoms with Gasteiger partial charge in [0.15, 0.2) is 0 Å². The van der Waals surface area contributed by atoms with E-state index < -0.39 is 28.7 Å². The van der Waals surface area contributed by atoms with E-state index in [0.717, 1.165) is 25.3 Å². The van der Waals surface area contributed by atoms with Gasteiger partial charge in [0.1, 0.15) is 12.6 Å². The Labute approximate surface area is 242 Å². The maximum atomic E-state index is 14.2. The van der Waals surface area contributed by atoms with E-state index in [1.165, 1.54) is 19.0 Å². The number of likely N-dealkylation sites (N-methyl/N-ethyl adjacent to an activating group) is 1. The number of hydrogen-bond donors (Lipinski definition) is 1. The van der Waals surface area contributed by atoms with Crippen molar-refractivity contribution in [3.63, 3.8) is 0 Å². The first-order valence-corrected chi connectivity index (χ1v) is 14.8. The van der Waals surface area contributed by atoms with Gasteiger partial charge in [-0.3, -0.25) is 9.59 Å². The number of halogens is 1. The zero-order chi connectivity index (χ0) is 29.4. The summed E-state index contributed by atoms with van der Waals surface area (Å²) in [7, 11) is -1.20. The summed E-state index contributed by atoms with van der Waals surface area (Å²) < 4.78 is 29.3. The van der Waals surface area contributed by atoms with Gasteiger partial charge in [-0.25, -0.2) is 4.31 Å². The van der Waals surface area contributed by atoms with Gasteiger partial charge in [0, 0.05) is 38.6 Å². The highest BCUT2D eigenvalue weighted by molar-refractivity contribution is 7.90. The number of carbonyl (C=O) groups is 2. The minimum Gasteiger partial charge on any atom is -0.355 e. The van der Waals surface area contributed by atoms with E-state index >= 15 is 0 Å².